The highest BCUT2D eigenvalue weighted by atomic mass is 35.5. The summed E-state index contributed by atoms with van der Waals surface area (Å²) in [7, 11) is 0. The summed E-state index contributed by atoms with van der Waals surface area (Å²) in [5.74, 6) is 0.843. The topological polar surface area (TPSA) is 12.5 Å². The molecule has 1 saturated heterocycles. The second-order valence-electron chi connectivity index (χ2n) is 3.68. The van der Waals surface area contributed by atoms with E-state index >= 15 is 0 Å². The van der Waals surface area contributed by atoms with Crippen molar-refractivity contribution in [2.45, 2.75) is 18.9 Å². The first-order valence-corrected chi connectivity index (χ1v) is 5.78. The average Bonchev–Trinajstić information content (AvgIpc) is 2.22. The van der Waals surface area contributed by atoms with Crippen LogP contribution in [0.1, 0.15) is 12.8 Å². The molecule has 4 heteroatoms. The molecule has 1 fully saturated rings. The fraction of sp³-hybridized carbons (Fsp3) is 0.455. The maximum absolute atomic E-state index is 5.88. The summed E-state index contributed by atoms with van der Waals surface area (Å²) in [6, 6.07) is 7.51. The van der Waals surface area contributed by atoms with Gasteiger partial charge in [-0.1, -0.05) is 17.7 Å². The van der Waals surface area contributed by atoms with Crippen LogP contribution in [0.25, 0.3) is 0 Å². The zero-order valence-corrected chi connectivity index (χ0v) is 9.84. The second-order valence-corrected chi connectivity index (χ2v) is 4.60. The van der Waals surface area contributed by atoms with Crippen LogP contribution >= 0.6 is 23.4 Å². The van der Waals surface area contributed by atoms with E-state index in [0.29, 0.717) is 5.02 Å². The Balaban J connectivity index is 1.92. The highest BCUT2D eigenvalue weighted by molar-refractivity contribution is 6.30. The Labute approximate surface area is 99.8 Å². The molecule has 0 saturated carbocycles. The van der Waals surface area contributed by atoms with Crippen LogP contribution in [0.15, 0.2) is 24.3 Å². The van der Waals surface area contributed by atoms with E-state index in [1.165, 1.54) is 0 Å². The molecule has 1 aliphatic rings. The van der Waals surface area contributed by atoms with Crippen molar-refractivity contribution < 1.29 is 4.74 Å². The Morgan fingerprint density at radius 3 is 2.67 bits per heavy atom. The SMILES string of the molecule is Clc1cccc(OC2CCN(Cl)CC2)c1. The Kier molecular flexibility index (Phi) is 3.73. The highest BCUT2D eigenvalue weighted by Gasteiger charge is 2.19. The minimum Gasteiger partial charge on any atom is -0.490 e. The molecule has 2 rings (SSSR count). The molecular weight excluding hydrogens is 233 g/mol. The summed E-state index contributed by atoms with van der Waals surface area (Å²) >= 11 is 11.7. The summed E-state index contributed by atoms with van der Waals surface area (Å²) < 4.78 is 7.62. The van der Waals surface area contributed by atoms with Gasteiger partial charge in [0.15, 0.2) is 0 Å². The molecule has 0 radical (unpaired) electrons. The highest BCUT2D eigenvalue weighted by Crippen LogP contribution is 2.22. The number of rotatable bonds is 2. The van der Waals surface area contributed by atoms with Crippen molar-refractivity contribution in [3.05, 3.63) is 29.3 Å². The van der Waals surface area contributed by atoms with Crippen LogP contribution in [-0.4, -0.2) is 23.6 Å². The van der Waals surface area contributed by atoms with Gasteiger partial charge in [-0.25, -0.2) is 4.42 Å². The number of benzene rings is 1. The first kappa shape index (κ1) is 11.1. The molecule has 0 bridgehead atoms. The molecule has 1 heterocycles. The summed E-state index contributed by atoms with van der Waals surface area (Å²) in [5.41, 5.74) is 0. The van der Waals surface area contributed by atoms with Crippen molar-refractivity contribution in [2.24, 2.45) is 0 Å². The third-order valence-electron chi connectivity index (χ3n) is 2.49. The number of hydrogen-bond acceptors (Lipinski definition) is 2. The molecule has 1 aromatic rings. The predicted molar refractivity (Wildman–Crippen MR) is 62.5 cm³/mol. The van der Waals surface area contributed by atoms with E-state index in [1.54, 1.807) is 4.42 Å². The van der Waals surface area contributed by atoms with Crippen LogP contribution in [0.4, 0.5) is 0 Å². The van der Waals surface area contributed by atoms with Crippen LogP contribution in [0.3, 0.4) is 0 Å². The van der Waals surface area contributed by atoms with E-state index in [4.69, 9.17) is 28.1 Å². The fourth-order valence-corrected chi connectivity index (χ4v) is 2.05. The molecule has 0 unspecified atom stereocenters. The van der Waals surface area contributed by atoms with Gasteiger partial charge in [-0.15, -0.1) is 0 Å². The van der Waals surface area contributed by atoms with Gasteiger partial charge in [0.05, 0.1) is 0 Å². The molecule has 2 nitrogen and oxygen atoms in total. The normalized spacial score (nSPS) is 19.1. The van der Waals surface area contributed by atoms with Crippen LogP contribution in [0.2, 0.25) is 5.02 Å². The van der Waals surface area contributed by atoms with Gasteiger partial charge in [-0.3, -0.25) is 0 Å². The quantitative estimate of drug-likeness (QED) is 0.742. The molecule has 1 aliphatic heterocycles. The van der Waals surface area contributed by atoms with Crippen molar-refractivity contribution in [1.29, 1.82) is 0 Å². The Morgan fingerprint density at radius 1 is 1.27 bits per heavy atom. The molecular formula is C11H13Cl2NO. The maximum atomic E-state index is 5.88. The lowest BCUT2D eigenvalue weighted by atomic mass is 10.1. The third-order valence-corrected chi connectivity index (χ3v) is 3.06. The molecule has 0 amide bonds. The third kappa shape index (κ3) is 3.26. The summed E-state index contributed by atoms with van der Waals surface area (Å²) in [6.07, 6.45) is 2.20. The van der Waals surface area contributed by atoms with E-state index in [-0.39, 0.29) is 6.10 Å². The number of nitrogens with zero attached hydrogens (tertiary/aromatic N) is 1. The number of ether oxygens (including phenoxy) is 1. The number of hydrogen-bond donors (Lipinski definition) is 0. The first-order valence-electron chi connectivity index (χ1n) is 5.07. The Morgan fingerprint density at radius 2 is 2.00 bits per heavy atom. The molecule has 1 aromatic carbocycles. The molecule has 0 atom stereocenters. The van der Waals surface area contributed by atoms with Crippen LogP contribution in [0, 0.1) is 0 Å². The van der Waals surface area contributed by atoms with Gasteiger partial charge in [0, 0.05) is 18.1 Å². The van der Waals surface area contributed by atoms with E-state index in [2.05, 4.69) is 0 Å². The van der Waals surface area contributed by atoms with E-state index in [9.17, 15) is 0 Å². The molecule has 0 aliphatic carbocycles. The maximum Gasteiger partial charge on any atom is 0.121 e. The van der Waals surface area contributed by atoms with Crippen molar-refractivity contribution in [1.82, 2.24) is 4.42 Å². The molecule has 0 N–H and O–H groups in total. The molecule has 0 spiro atoms. The minimum atomic E-state index is 0.262. The summed E-state index contributed by atoms with van der Waals surface area (Å²) in [6.45, 7) is 1.76. The minimum absolute atomic E-state index is 0.262. The lowest BCUT2D eigenvalue weighted by Crippen LogP contribution is -2.32. The van der Waals surface area contributed by atoms with Crippen molar-refractivity contribution in [3.8, 4) is 5.75 Å². The van der Waals surface area contributed by atoms with Gasteiger partial charge < -0.3 is 4.74 Å². The van der Waals surface area contributed by atoms with Crippen LogP contribution in [-0.2, 0) is 0 Å². The van der Waals surface area contributed by atoms with Crippen LogP contribution in [0.5, 0.6) is 5.75 Å². The van der Waals surface area contributed by atoms with Gasteiger partial charge in [0.1, 0.15) is 11.9 Å². The molecule has 82 valence electrons. The first-order chi connectivity index (χ1) is 7.24. The smallest absolute Gasteiger partial charge is 0.121 e. The fourth-order valence-electron chi connectivity index (χ4n) is 1.67. The molecule has 0 aromatic heterocycles. The lowest BCUT2D eigenvalue weighted by molar-refractivity contribution is 0.136. The van der Waals surface area contributed by atoms with Gasteiger partial charge >= 0.3 is 0 Å². The van der Waals surface area contributed by atoms with Crippen LogP contribution < -0.4 is 4.74 Å². The lowest BCUT2D eigenvalue weighted by Gasteiger charge is -2.27. The van der Waals surface area contributed by atoms with Crippen molar-refractivity contribution in [2.75, 3.05) is 13.1 Å². The van der Waals surface area contributed by atoms with E-state index in [0.717, 1.165) is 31.7 Å². The zero-order valence-electron chi connectivity index (χ0n) is 8.33. The Bertz CT molecular complexity index is 324. The van der Waals surface area contributed by atoms with Gasteiger partial charge in [0.25, 0.3) is 0 Å². The molecule has 15 heavy (non-hydrogen) atoms. The number of halogens is 2. The van der Waals surface area contributed by atoms with E-state index in [1.807, 2.05) is 24.3 Å². The largest absolute Gasteiger partial charge is 0.490 e. The standard InChI is InChI=1S/C11H13Cl2NO/c12-9-2-1-3-11(8-9)15-10-4-6-14(13)7-5-10/h1-3,8,10H,4-7H2. The zero-order chi connectivity index (χ0) is 10.7. The monoisotopic (exact) mass is 245 g/mol. The summed E-state index contributed by atoms with van der Waals surface area (Å²) in [5, 5.41) is 0.710. The second kappa shape index (κ2) is 5.06. The van der Waals surface area contributed by atoms with Gasteiger partial charge in [-0.05, 0) is 42.8 Å². The van der Waals surface area contributed by atoms with Gasteiger partial charge in [-0.2, -0.15) is 0 Å². The Hall–Kier alpha value is -0.440. The average molecular weight is 246 g/mol. The predicted octanol–water partition coefficient (Wildman–Crippen LogP) is 3.34. The van der Waals surface area contributed by atoms with Crippen molar-refractivity contribution >= 4 is 23.4 Å². The van der Waals surface area contributed by atoms with Crippen molar-refractivity contribution in [3.63, 3.8) is 0 Å². The summed E-state index contributed by atoms with van der Waals surface area (Å²) in [4.78, 5) is 0. The van der Waals surface area contributed by atoms with Gasteiger partial charge in [0.2, 0.25) is 0 Å². The van der Waals surface area contributed by atoms with E-state index < -0.39 is 0 Å². The number of piperidine rings is 1.